The molecule has 170 valence electrons. The van der Waals surface area contributed by atoms with Gasteiger partial charge in [-0.2, -0.15) is 4.28 Å². The first kappa shape index (κ1) is 24.2. The molecule has 2 N–H and O–H groups in total. The van der Waals surface area contributed by atoms with Crippen molar-refractivity contribution in [2.24, 2.45) is 0 Å². The predicted octanol–water partition coefficient (Wildman–Crippen LogP) is 4.38. The third kappa shape index (κ3) is 7.61. The molecule has 32 heavy (non-hydrogen) atoms. The van der Waals surface area contributed by atoms with E-state index in [1.165, 1.54) is 0 Å². The Balaban J connectivity index is 1.58. The molecule has 0 radical (unpaired) electrons. The molecule has 9 heteroatoms. The first-order chi connectivity index (χ1) is 15.5. The lowest BCUT2D eigenvalue weighted by Crippen LogP contribution is -2.25. The normalized spacial score (nSPS) is 12.9. The smallest absolute Gasteiger partial charge is 0.162 e. The van der Waals surface area contributed by atoms with Crippen LogP contribution < -0.4 is 10.8 Å². The predicted molar refractivity (Wildman–Crippen MR) is 126 cm³/mol. The maximum atomic E-state index is 12.3. The lowest BCUT2D eigenvalue weighted by molar-refractivity contribution is 0.0979. The number of Topliss-reactive ketones (excluding diaryl/α,β-unsaturated/α-hetero) is 1. The van der Waals surface area contributed by atoms with Gasteiger partial charge in [-0.15, -0.1) is 11.3 Å². The van der Waals surface area contributed by atoms with Crippen molar-refractivity contribution in [3.05, 3.63) is 81.8 Å². The maximum Gasteiger partial charge on any atom is 0.162 e. The average molecular weight is 473 g/mol. The first-order valence-corrected chi connectivity index (χ1v) is 12.3. The van der Waals surface area contributed by atoms with E-state index in [2.05, 4.69) is 27.4 Å². The molecule has 0 amide bonds. The summed E-state index contributed by atoms with van der Waals surface area (Å²) in [6.07, 6.45) is 2.83. The second-order valence-electron chi connectivity index (χ2n) is 7.22. The van der Waals surface area contributed by atoms with Crippen LogP contribution in [0.1, 0.15) is 52.4 Å². The van der Waals surface area contributed by atoms with Gasteiger partial charge in [-0.1, -0.05) is 49.4 Å². The maximum absolute atomic E-state index is 12.3. The lowest BCUT2D eigenvalue weighted by Gasteiger charge is -2.17. The Morgan fingerprint density at radius 1 is 1.19 bits per heavy atom. The number of aryl methyl sites for hydroxylation is 1. The summed E-state index contributed by atoms with van der Waals surface area (Å²) in [5.74, 6) is 0.149. The summed E-state index contributed by atoms with van der Waals surface area (Å²) in [6, 6.07) is 16.7. The van der Waals surface area contributed by atoms with Gasteiger partial charge in [0.05, 0.1) is 17.4 Å². The van der Waals surface area contributed by atoms with Gasteiger partial charge in [0.15, 0.2) is 5.78 Å². The standard InChI is InChI=1S/C23H27N3O4S2/c1-2-19-16-31-23(25-19)21(15-17-10-12-20(13-11-17)26-30-32(28)29)24-14-6-9-22(27)18-7-4-3-5-8-18/h3-5,7-8,10-13,16,21,24,26H,2,6,9,14-15H2,1H3,(H,28,29)/p-1/t21-/m0/s1. The quantitative estimate of drug-likeness (QED) is 0.165. The number of thiazole rings is 1. The van der Waals surface area contributed by atoms with Crippen LogP contribution in [-0.4, -0.2) is 26.1 Å². The molecule has 0 spiro atoms. The molecule has 1 heterocycles. The molecule has 3 rings (SSSR count). The fourth-order valence-electron chi connectivity index (χ4n) is 3.21. The SMILES string of the molecule is CCc1csc([C@H](Cc2ccc(NOS(=O)[O-])cc2)NCCCC(=O)c2ccccc2)n1. The highest BCUT2D eigenvalue weighted by Crippen LogP contribution is 2.24. The molecule has 1 aromatic heterocycles. The zero-order valence-electron chi connectivity index (χ0n) is 17.8. The molecule has 0 bridgehead atoms. The Labute approximate surface area is 194 Å². The van der Waals surface area contributed by atoms with E-state index in [9.17, 15) is 13.6 Å². The van der Waals surface area contributed by atoms with Gasteiger partial charge in [0.2, 0.25) is 0 Å². The summed E-state index contributed by atoms with van der Waals surface area (Å²) < 4.78 is 25.4. The Kier molecular flexibility index (Phi) is 9.51. The summed E-state index contributed by atoms with van der Waals surface area (Å²) in [5.41, 5.74) is 5.80. The van der Waals surface area contributed by atoms with Gasteiger partial charge in [0.25, 0.3) is 0 Å². The van der Waals surface area contributed by atoms with Gasteiger partial charge < -0.3 is 9.87 Å². The summed E-state index contributed by atoms with van der Waals surface area (Å²) in [4.78, 5) is 17.1. The Hall–Kier alpha value is -2.43. The van der Waals surface area contributed by atoms with Gasteiger partial charge in [0.1, 0.15) is 16.4 Å². The molecule has 0 aliphatic rings. The minimum atomic E-state index is -2.63. The van der Waals surface area contributed by atoms with Crippen LogP contribution in [0.5, 0.6) is 0 Å². The van der Waals surface area contributed by atoms with Crippen molar-refractivity contribution in [3.8, 4) is 0 Å². The van der Waals surface area contributed by atoms with E-state index in [-0.39, 0.29) is 11.8 Å². The van der Waals surface area contributed by atoms with E-state index in [1.807, 2.05) is 42.5 Å². The number of nitrogens with zero attached hydrogens (tertiary/aromatic N) is 1. The Morgan fingerprint density at radius 2 is 1.94 bits per heavy atom. The van der Waals surface area contributed by atoms with Crippen molar-refractivity contribution >= 4 is 34.2 Å². The van der Waals surface area contributed by atoms with Crippen LogP contribution in [-0.2, 0) is 28.5 Å². The van der Waals surface area contributed by atoms with E-state index in [0.717, 1.165) is 41.1 Å². The van der Waals surface area contributed by atoms with Crippen LogP contribution >= 0.6 is 11.3 Å². The van der Waals surface area contributed by atoms with Crippen LogP contribution in [0, 0.1) is 0 Å². The molecule has 0 aliphatic carbocycles. The van der Waals surface area contributed by atoms with E-state index in [0.29, 0.717) is 18.7 Å². The van der Waals surface area contributed by atoms with Gasteiger partial charge in [0, 0.05) is 17.4 Å². The number of aromatic nitrogens is 1. The monoisotopic (exact) mass is 472 g/mol. The van der Waals surface area contributed by atoms with Gasteiger partial charge in [-0.3, -0.25) is 10.3 Å². The molecule has 2 aromatic carbocycles. The van der Waals surface area contributed by atoms with Crippen molar-refractivity contribution < 1.29 is 17.8 Å². The number of hydrogen-bond acceptors (Lipinski definition) is 8. The van der Waals surface area contributed by atoms with E-state index >= 15 is 0 Å². The highest BCUT2D eigenvalue weighted by atomic mass is 32.2. The molecule has 0 aliphatic heterocycles. The van der Waals surface area contributed by atoms with E-state index in [4.69, 9.17) is 4.98 Å². The van der Waals surface area contributed by atoms with E-state index in [1.54, 1.807) is 23.5 Å². The number of rotatable bonds is 13. The summed E-state index contributed by atoms with van der Waals surface area (Å²) in [5, 5.41) is 6.65. The summed E-state index contributed by atoms with van der Waals surface area (Å²) >= 11 is -0.991. The molecule has 0 saturated carbocycles. The Bertz CT molecular complexity index is 1010. The third-order valence-corrected chi connectivity index (χ3v) is 6.14. The topological polar surface area (TPSA) is 103 Å². The summed E-state index contributed by atoms with van der Waals surface area (Å²) in [7, 11) is 0. The highest BCUT2D eigenvalue weighted by molar-refractivity contribution is 7.74. The first-order valence-electron chi connectivity index (χ1n) is 10.4. The number of hydrogen-bond donors (Lipinski definition) is 2. The van der Waals surface area contributed by atoms with Crippen molar-refractivity contribution in [2.45, 2.75) is 38.6 Å². The molecular weight excluding hydrogens is 446 g/mol. The number of nitrogens with one attached hydrogen (secondary N) is 2. The third-order valence-electron chi connectivity index (χ3n) is 4.92. The largest absolute Gasteiger partial charge is 0.748 e. The van der Waals surface area contributed by atoms with Gasteiger partial charge in [-0.25, -0.2) is 9.19 Å². The molecule has 7 nitrogen and oxygen atoms in total. The van der Waals surface area contributed by atoms with Gasteiger partial charge >= 0.3 is 0 Å². The lowest BCUT2D eigenvalue weighted by atomic mass is 10.0. The zero-order valence-corrected chi connectivity index (χ0v) is 19.4. The van der Waals surface area contributed by atoms with Crippen LogP contribution in [0.25, 0.3) is 0 Å². The number of anilines is 1. The van der Waals surface area contributed by atoms with Gasteiger partial charge in [-0.05, 0) is 43.5 Å². The number of carbonyl (C=O) groups excluding carboxylic acids is 1. The minimum absolute atomic E-state index is 0.0244. The van der Waals surface area contributed by atoms with Crippen molar-refractivity contribution in [2.75, 3.05) is 12.0 Å². The van der Waals surface area contributed by atoms with Crippen molar-refractivity contribution in [3.63, 3.8) is 0 Å². The number of carbonyl (C=O) groups is 1. The van der Waals surface area contributed by atoms with Crippen molar-refractivity contribution in [1.82, 2.24) is 10.3 Å². The fraction of sp³-hybridized carbons (Fsp3) is 0.304. The molecular formula is C23H26N3O4S2-. The molecule has 1 unspecified atom stereocenters. The highest BCUT2D eigenvalue weighted by Gasteiger charge is 2.16. The van der Waals surface area contributed by atoms with Crippen molar-refractivity contribution in [1.29, 1.82) is 0 Å². The van der Waals surface area contributed by atoms with E-state index < -0.39 is 11.4 Å². The van der Waals surface area contributed by atoms with Crippen LogP contribution in [0.3, 0.4) is 0 Å². The minimum Gasteiger partial charge on any atom is -0.748 e. The number of ketones is 1. The number of benzene rings is 2. The fourth-order valence-corrected chi connectivity index (χ4v) is 4.35. The Morgan fingerprint density at radius 3 is 2.59 bits per heavy atom. The average Bonchev–Trinajstić information content (AvgIpc) is 3.30. The van der Waals surface area contributed by atoms with Crippen LogP contribution in [0.4, 0.5) is 5.69 Å². The molecule has 0 fully saturated rings. The molecule has 3 aromatic rings. The second-order valence-corrected chi connectivity index (χ2v) is 8.69. The second kappa shape index (κ2) is 12.6. The summed E-state index contributed by atoms with van der Waals surface area (Å²) in [6.45, 7) is 2.78. The zero-order chi connectivity index (χ0) is 22.8. The van der Waals surface area contributed by atoms with Crippen LogP contribution in [0.2, 0.25) is 0 Å². The molecule has 2 atom stereocenters. The molecule has 0 saturated heterocycles. The van der Waals surface area contributed by atoms with Crippen LogP contribution in [0.15, 0.2) is 60.0 Å².